The second-order valence-corrected chi connectivity index (χ2v) is 12.1. The van der Waals surface area contributed by atoms with E-state index in [1.165, 1.54) is 0 Å². The first-order valence-corrected chi connectivity index (χ1v) is 12.0. The number of aliphatic hydroxyl groups is 1. The molecule has 0 aromatic heterocycles. The first kappa shape index (κ1) is 22.1. The van der Waals surface area contributed by atoms with Crippen LogP contribution in [0.5, 0.6) is 0 Å². The maximum absolute atomic E-state index is 14.0. The van der Waals surface area contributed by atoms with Crippen molar-refractivity contribution in [1.82, 2.24) is 0 Å². The zero-order valence-electron chi connectivity index (χ0n) is 17.9. The number of hydrogen-bond donors (Lipinski definition) is 1. The molecule has 29 heavy (non-hydrogen) atoms. The molecule has 0 radical (unpaired) electrons. The second-order valence-electron chi connectivity index (χ2n) is 9.86. The molecule has 4 nitrogen and oxygen atoms in total. The Morgan fingerprint density at radius 3 is 2.38 bits per heavy atom. The van der Waals surface area contributed by atoms with Crippen LogP contribution in [0.4, 0.5) is 0 Å². The fourth-order valence-corrected chi connectivity index (χ4v) is 8.54. The number of fused-ring (bicyclic) bond motifs is 2. The smallest absolute Gasteiger partial charge is 0.198 e. The number of nitriles is 1. The topological polar surface area (TPSA) is 78.2 Å². The van der Waals surface area contributed by atoms with Crippen LogP contribution in [0.25, 0.3) is 0 Å². The van der Waals surface area contributed by atoms with Crippen molar-refractivity contribution in [2.45, 2.75) is 69.1 Å². The molecule has 0 saturated heterocycles. The zero-order chi connectivity index (χ0) is 21.7. The molecular weight excluding hydrogens is 382 g/mol. The number of rotatable bonds is 7. The van der Waals surface area contributed by atoms with E-state index in [2.05, 4.69) is 26.5 Å². The SMILES string of the molecule is C=C[C@H](C(C)C)[C@@](C#N)(CC12CCC(CC1O)C2(C)C)S(=O)(=O)c1ccccc1. The van der Waals surface area contributed by atoms with Gasteiger partial charge < -0.3 is 5.11 Å². The number of hydrogen-bond acceptors (Lipinski definition) is 4. The van der Waals surface area contributed by atoms with Crippen molar-refractivity contribution >= 4 is 9.84 Å². The van der Waals surface area contributed by atoms with Crippen LogP contribution in [-0.2, 0) is 9.84 Å². The van der Waals surface area contributed by atoms with Crippen molar-refractivity contribution in [3.05, 3.63) is 43.0 Å². The van der Waals surface area contributed by atoms with Crippen LogP contribution in [-0.4, -0.2) is 24.4 Å². The number of allylic oxidation sites excluding steroid dienone is 1. The van der Waals surface area contributed by atoms with Crippen LogP contribution in [0.3, 0.4) is 0 Å². The molecule has 2 bridgehead atoms. The van der Waals surface area contributed by atoms with Gasteiger partial charge in [0, 0.05) is 11.3 Å². The highest BCUT2D eigenvalue weighted by atomic mass is 32.2. The summed E-state index contributed by atoms with van der Waals surface area (Å²) in [4.78, 5) is 0.158. The van der Waals surface area contributed by atoms with Crippen molar-refractivity contribution in [1.29, 1.82) is 5.26 Å². The summed E-state index contributed by atoms with van der Waals surface area (Å²) in [6, 6.07) is 10.5. The van der Waals surface area contributed by atoms with Gasteiger partial charge in [-0.1, -0.05) is 52.0 Å². The van der Waals surface area contributed by atoms with Gasteiger partial charge >= 0.3 is 0 Å². The van der Waals surface area contributed by atoms with Crippen LogP contribution in [0.2, 0.25) is 0 Å². The predicted molar refractivity (Wildman–Crippen MR) is 115 cm³/mol. The largest absolute Gasteiger partial charge is 0.393 e. The molecule has 0 aliphatic heterocycles. The molecule has 3 unspecified atom stereocenters. The average Bonchev–Trinajstić information content (AvgIpc) is 3.02. The number of benzene rings is 1. The van der Waals surface area contributed by atoms with Gasteiger partial charge in [-0.15, -0.1) is 6.58 Å². The highest BCUT2D eigenvalue weighted by Gasteiger charge is 2.68. The van der Waals surface area contributed by atoms with Crippen molar-refractivity contribution in [3.63, 3.8) is 0 Å². The molecule has 2 saturated carbocycles. The molecule has 0 amide bonds. The van der Waals surface area contributed by atoms with E-state index >= 15 is 0 Å². The predicted octanol–water partition coefficient (Wildman–Crippen LogP) is 4.76. The first-order chi connectivity index (χ1) is 13.5. The van der Waals surface area contributed by atoms with E-state index in [1.54, 1.807) is 36.4 Å². The molecule has 5 heteroatoms. The molecule has 0 spiro atoms. The van der Waals surface area contributed by atoms with Gasteiger partial charge in [-0.2, -0.15) is 5.26 Å². The molecule has 0 heterocycles. The summed E-state index contributed by atoms with van der Waals surface area (Å²) in [6.07, 6.45) is 3.57. The van der Waals surface area contributed by atoms with Gasteiger partial charge in [0.05, 0.1) is 17.1 Å². The molecule has 3 rings (SSSR count). The number of aliphatic hydroxyl groups excluding tert-OH is 1. The molecule has 2 aliphatic carbocycles. The van der Waals surface area contributed by atoms with Crippen LogP contribution in [0.15, 0.2) is 47.9 Å². The van der Waals surface area contributed by atoms with E-state index in [0.29, 0.717) is 12.3 Å². The summed E-state index contributed by atoms with van der Waals surface area (Å²) in [6.45, 7) is 12.1. The van der Waals surface area contributed by atoms with Crippen LogP contribution >= 0.6 is 0 Å². The highest BCUT2D eigenvalue weighted by molar-refractivity contribution is 7.93. The lowest BCUT2D eigenvalue weighted by atomic mass is 9.61. The minimum Gasteiger partial charge on any atom is -0.393 e. The first-order valence-electron chi connectivity index (χ1n) is 10.5. The third kappa shape index (κ3) is 2.91. The molecule has 2 aliphatic rings. The Hall–Kier alpha value is -1.64. The summed E-state index contributed by atoms with van der Waals surface area (Å²) >= 11 is 0. The van der Waals surface area contributed by atoms with E-state index in [4.69, 9.17) is 0 Å². The van der Waals surface area contributed by atoms with Crippen LogP contribution in [0.1, 0.15) is 53.4 Å². The number of nitrogens with zero attached hydrogens (tertiary/aromatic N) is 1. The van der Waals surface area contributed by atoms with Gasteiger partial charge in [-0.3, -0.25) is 0 Å². The van der Waals surface area contributed by atoms with E-state index in [1.807, 2.05) is 13.8 Å². The molecule has 1 aromatic rings. The summed E-state index contributed by atoms with van der Waals surface area (Å²) in [5, 5.41) is 21.6. The maximum atomic E-state index is 14.0. The van der Waals surface area contributed by atoms with Crippen molar-refractivity contribution in [2.75, 3.05) is 0 Å². The third-order valence-electron chi connectivity index (χ3n) is 8.20. The van der Waals surface area contributed by atoms with Crippen molar-refractivity contribution in [2.24, 2.45) is 28.6 Å². The molecule has 1 N–H and O–H groups in total. The van der Waals surface area contributed by atoms with E-state index < -0.39 is 32.0 Å². The Morgan fingerprint density at radius 1 is 1.34 bits per heavy atom. The summed E-state index contributed by atoms with van der Waals surface area (Å²) in [5.74, 6) is -0.273. The Balaban J connectivity index is 2.25. The standard InChI is InChI=1S/C24H33NO3S/c1-6-20(17(2)3)24(16-25,29(27,28)19-10-8-7-9-11-19)15-23-13-12-18(14-21(23)26)22(23,4)5/h6-11,17-18,20-21,26H,1,12-15H2,2-5H3/t18?,20-,21?,23?,24+/m1/s1. The normalized spacial score (nSPS) is 31.2. The lowest BCUT2D eigenvalue weighted by Gasteiger charge is -2.47. The fraction of sp³-hybridized carbons (Fsp3) is 0.625. The van der Waals surface area contributed by atoms with Gasteiger partial charge in [0.15, 0.2) is 14.6 Å². The minimum atomic E-state index is -4.00. The minimum absolute atomic E-state index is 0.0825. The average molecular weight is 416 g/mol. The lowest BCUT2D eigenvalue weighted by Crippen LogP contribution is -2.53. The van der Waals surface area contributed by atoms with Crippen molar-refractivity contribution < 1.29 is 13.5 Å². The van der Waals surface area contributed by atoms with Gasteiger partial charge in [-0.25, -0.2) is 8.42 Å². The van der Waals surface area contributed by atoms with Gasteiger partial charge in [0.2, 0.25) is 0 Å². The lowest BCUT2D eigenvalue weighted by molar-refractivity contribution is -0.0192. The van der Waals surface area contributed by atoms with Gasteiger partial charge in [0.25, 0.3) is 0 Å². The zero-order valence-corrected chi connectivity index (χ0v) is 18.7. The molecule has 158 valence electrons. The van der Waals surface area contributed by atoms with Crippen molar-refractivity contribution in [3.8, 4) is 6.07 Å². The van der Waals surface area contributed by atoms with E-state index in [0.717, 1.165) is 12.8 Å². The maximum Gasteiger partial charge on any atom is 0.198 e. The Morgan fingerprint density at radius 2 is 1.97 bits per heavy atom. The Bertz CT molecular complexity index is 915. The third-order valence-corrected chi connectivity index (χ3v) is 10.6. The Labute approximate surface area is 175 Å². The molecular formula is C24H33NO3S. The molecule has 1 aromatic carbocycles. The second kappa shape index (κ2) is 7.25. The summed E-state index contributed by atoms with van der Waals surface area (Å²) < 4.78 is 26.4. The van der Waals surface area contributed by atoms with Crippen LogP contribution < -0.4 is 0 Å². The summed E-state index contributed by atoms with van der Waals surface area (Å²) in [7, 11) is -4.00. The van der Waals surface area contributed by atoms with Gasteiger partial charge in [-0.05, 0) is 55.1 Å². The summed E-state index contributed by atoms with van der Waals surface area (Å²) in [5.41, 5.74) is -0.811. The van der Waals surface area contributed by atoms with Crippen LogP contribution in [0, 0.1) is 39.9 Å². The molecule has 2 fully saturated rings. The van der Waals surface area contributed by atoms with E-state index in [9.17, 15) is 18.8 Å². The monoisotopic (exact) mass is 415 g/mol. The quantitative estimate of drug-likeness (QED) is 0.651. The Kier molecular flexibility index (Phi) is 5.51. The fourth-order valence-electron chi connectivity index (χ4n) is 6.30. The van der Waals surface area contributed by atoms with E-state index in [-0.39, 0.29) is 22.6 Å². The molecule has 5 atom stereocenters. The number of sulfone groups is 1. The van der Waals surface area contributed by atoms with Gasteiger partial charge in [0.1, 0.15) is 0 Å². The highest BCUT2D eigenvalue weighted by Crippen LogP contribution is 2.69.